The zero-order chi connectivity index (χ0) is 12.5. The number of aromatic nitrogens is 2. The van der Waals surface area contributed by atoms with Gasteiger partial charge >= 0.3 is 0 Å². The lowest BCUT2D eigenvalue weighted by atomic mass is 10.1. The zero-order valence-corrected chi connectivity index (χ0v) is 10.4. The third-order valence-electron chi connectivity index (χ3n) is 3.54. The van der Waals surface area contributed by atoms with Crippen molar-refractivity contribution in [2.45, 2.75) is 32.0 Å². The number of nitriles is 1. The van der Waals surface area contributed by atoms with Gasteiger partial charge in [-0.2, -0.15) is 5.26 Å². The summed E-state index contributed by atoms with van der Waals surface area (Å²) in [7, 11) is 0. The summed E-state index contributed by atoms with van der Waals surface area (Å²) in [5.74, 6) is 1.44. The lowest BCUT2D eigenvalue weighted by molar-refractivity contribution is -0.0273. The van der Waals surface area contributed by atoms with Crippen molar-refractivity contribution in [1.29, 1.82) is 5.26 Å². The van der Waals surface area contributed by atoms with E-state index in [1.807, 2.05) is 0 Å². The van der Waals surface area contributed by atoms with Crippen molar-refractivity contribution in [3.8, 4) is 6.07 Å². The van der Waals surface area contributed by atoms with Gasteiger partial charge in [-0.3, -0.25) is 0 Å². The Morgan fingerprint density at radius 1 is 1.44 bits per heavy atom. The molecule has 94 valence electrons. The maximum atomic E-state index is 9.11. The topological polar surface area (TPSA) is 62.0 Å². The van der Waals surface area contributed by atoms with Crippen LogP contribution in [0.5, 0.6) is 0 Å². The van der Waals surface area contributed by atoms with E-state index in [0.717, 1.165) is 18.9 Å². The minimum Gasteiger partial charge on any atom is -0.371 e. The Balaban J connectivity index is 1.84. The minimum atomic E-state index is 0.186. The van der Waals surface area contributed by atoms with Crippen LogP contribution in [0.3, 0.4) is 0 Å². The van der Waals surface area contributed by atoms with Gasteiger partial charge < -0.3 is 9.64 Å². The minimum absolute atomic E-state index is 0.186. The summed E-state index contributed by atoms with van der Waals surface area (Å²) in [6.45, 7) is 3.70. The largest absolute Gasteiger partial charge is 0.371 e. The molecule has 1 aromatic heterocycles. The highest BCUT2D eigenvalue weighted by molar-refractivity contribution is 5.52. The monoisotopic (exact) mass is 244 g/mol. The Morgan fingerprint density at radius 3 is 3.00 bits per heavy atom. The Bertz CT molecular complexity index is 480. The molecule has 0 N–H and O–H groups in total. The van der Waals surface area contributed by atoms with E-state index in [9.17, 15) is 0 Å². The molecule has 2 aliphatic rings. The van der Waals surface area contributed by atoms with E-state index in [4.69, 9.17) is 10.00 Å². The number of morpholine rings is 1. The number of nitrogens with zero attached hydrogens (tertiary/aromatic N) is 4. The first-order valence-electron chi connectivity index (χ1n) is 6.38. The summed E-state index contributed by atoms with van der Waals surface area (Å²) in [5, 5.41) is 9.11. The highest BCUT2D eigenvalue weighted by Gasteiger charge is 2.38. The summed E-state index contributed by atoms with van der Waals surface area (Å²) in [6.07, 6.45) is 6.08. The molecule has 0 unspecified atom stereocenters. The van der Waals surface area contributed by atoms with Gasteiger partial charge in [0, 0.05) is 13.1 Å². The van der Waals surface area contributed by atoms with Gasteiger partial charge in [-0.25, -0.2) is 9.97 Å². The van der Waals surface area contributed by atoms with Crippen molar-refractivity contribution in [3.63, 3.8) is 0 Å². The van der Waals surface area contributed by atoms with Crippen LogP contribution in [-0.2, 0) is 4.74 Å². The van der Waals surface area contributed by atoms with E-state index < -0.39 is 0 Å². The van der Waals surface area contributed by atoms with Gasteiger partial charge in [0.1, 0.15) is 23.8 Å². The van der Waals surface area contributed by atoms with Gasteiger partial charge in [0.05, 0.1) is 18.4 Å². The fourth-order valence-electron chi connectivity index (χ4n) is 2.54. The Labute approximate surface area is 106 Å². The van der Waals surface area contributed by atoms with Gasteiger partial charge in [0.15, 0.2) is 0 Å². The summed E-state index contributed by atoms with van der Waals surface area (Å²) in [6, 6.07) is 2.16. The average molecular weight is 244 g/mol. The van der Waals surface area contributed by atoms with Crippen molar-refractivity contribution >= 4 is 5.82 Å². The highest BCUT2D eigenvalue weighted by Crippen LogP contribution is 2.37. The Morgan fingerprint density at radius 2 is 2.28 bits per heavy atom. The third kappa shape index (κ3) is 2.16. The number of rotatable bonds is 2. The van der Waals surface area contributed by atoms with E-state index >= 15 is 0 Å². The summed E-state index contributed by atoms with van der Waals surface area (Å²) in [4.78, 5) is 10.3. The van der Waals surface area contributed by atoms with E-state index in [-0.39, 0.29) is 12.2 Å². The molecule has 1 saturated heterocycles. The lowest BCUT2D eigenvalue weighted by Gasteiger charge is -2.37. The molecular formula is C13H16N4O. The molecule has 0 radical (unpaired) electrons. The van der Waals surface area contributed by atoms with Gasteiger partial charge in [-0.05, 0) is 25.7 Å². The second-order valence-corrected chi connectivity index (χ2v) is 5.10. The molecular weight excluding hydrogens is 228 g/mol. The first kappa shape index (κ1) is 11.4. The zero-order valence-electron chi connectivity index (χ0n) is 10.4. The Hall–Kier alpha value is -1.67. The molecule has 1 saturated carbocycles. The molecule has 3 rings (SSSR count). The highest BCUT2D eigenvalue weighted by atomic mass is 16.5. The van der Waals surface area contributed by atoms with Crippen LogP contribution in [0.15, 0.2) is 12.5 Å². The fourth-order valence-corrected chi connectivity index (χ4v) is 2.54. The SMILES string of the molecule is C[C@@H]1CN(c2ncncc2C#N)C[C@@H](C2CC2)O1. The summed E-state index contributed by atoms with van der Waals surface area (Å²) >= 11 is 0. The molecule has 1 aliphatic carbocycles. The Kier molecular flexibility index (Phi) is 2.88. The molecule has 0 aromatic carbocycles. The van der Waals surface area contributed by atoms with Crippen LogP contribution in [-0.4, -0.2) is 35.3 Å². The van der Waals surface area contributed by atoms with E-state index in [0.29, 0.717) is 11.5 Å². The van der Waals surface area contributed by atoms with Gasteiger partial charge in [-0.15, -0.1) is 0 Å². The molecule has 1 aliphatic heterocycles. The van der Waals surface area contributed by atoms with E-state index in [2.05, 4.69) is 27.9 Å². The van der Waals surface area contributed by atoms with Crippen molar-refractivity contribution in [2.24, 2.45) is 5.92 Å². The molecule has 1 aromatic rings. The summed E-state index contributed by atoms with van der Waals surface area (Å²) < 4.78 is 5.97. The van der Waals surface area contributed by atoms with Gasteiger partial charge in [0.2, 0.25) is 0 Å². The smallest absolute Gasteiger partial charge is 0.150 e. The molecule has 18 heavy (non-hydrogen) atoms. The normalized spacial score (nSPS) is 27.9. The van der Waals surface area contributed by atoms with Gasteiger partial charge in [0.25, 0.3) is 0 Å². The van der Waals surface area contributed by atoms with E-state index in [1.54, 1.807) is 6.20 Å². The van der Waals surface area contributed by atoms with Crippen LogP contribution < -0.4 is 4.90 Å². The number of ether oxygens (including phenoxy) is 1. The summed E-state index contributed by atoms with van der Waals surface area (Å²) in [5.41, 5.74) is 0.543. The molecule has 0 amide bonds. The first-order chi connectivity index (χ1) is 8.78. The second-order valence-electron chi connectivity index (χ2n) is 5.10. The van der Waals surface area contributed by atoms with Crippen LogP contribution in [0.25, 0.3) is 0 Å². The number of hydrogen-bond acceptors (Lipinski definition) is 5. The quantitative estimate of drug-likeness (QED) is 0.786. The number of hydrogen-bond donors (Lipinski definition) is 0. The molecule has 5 nitrogen and oxygen atoms in total. The maximum absolute atomic E-state index is 9.11. The molecule has 2 heterocycles. The van der Waals surface area contributed by atoms with Crippen molar-refractivity contribution in [2.75, 3.05) is 18.0 Å². The maximum Gasteiger partial charge on any atom is 0.150 e. The van der Waals surface area contributed by atoms with Crippen LogP contribution >= 0.6 is 0 Å². The average Bonchev–Trinajstić information content (AvgIpc) is 3.22. The molecule has 2 atom stereocenters. The molecule has 2 fully saturated rings. The van der Waals surface area contributed by atoms with Crippen LogP contribution in [0.4, 0.5) is 5.82 Å². The van der Waals surface area contributed by atoms with Crippen molar-refractivity contribution in [3.05, 3.63) is 18.1 Å². The lowest BCUT2D eigenvalue weighted by Crippen LogP contribution is -2.48. The van der Waals surface area contributed by atoms with E-state index in [1.165, 1.54) is 19.2 Å². The number of anilines is 1. The predicted octanol–water partition coefficient (Wildman–Crippen LogP) is 1.35. The van der Waals surface area contributed by atoms with Crippen molar-refractivity contribution in [1.82, 2.24) is 9.97 Å². The second kappa shape index (κ2) is 4.54. The molecule has 0 spiro atoms. The van der Waals surface area contributed by atoms with Crippen LogP contribution in [0.1, 0.15) is 25.3 Å². The standard InChI is InChI=1S/C13H16N4O/c1-9-6-17(7-12(18-9)10-2-3-10)13-11(4-14)5-15-8-16-13/h5,8-10,12H,2-3,6-7H2,1H3/t9-,12+/m1/s1. The van der Waals surface area contributed by atoms with Crippen LogP contribution in [0.2, 0.25) is 0 Å². The van der Waals surface area contributed by atoms with Crippen molar-refractivity contribution < 1.29 is 4.74 Å². The molecule has 5 heteroatoms. The third-order valence-corrected chi connectivity index (χ3v) is 3.54. The fraction of sp³-hybridized carbons (Fsp3) is 0.615. The molecule has 0 bridgehead atoms. The predicted molar refractivity (Wildman–Crippen MR) is 66.0 cm³/mol. The van der Waals surface area contributed by atoms with Crippen LogP contribution in [0, 0.1) is 17.2 Å². The van der Waals surface area contributed by atoms with Gasteiger partial charge in [-0.1, -0.05) is 0 Å². The first-order valence-corrected chi connectivity index (χ1v) is 6.38.